The number of ether oxygens (including phenoxy) is 3. The van der Waals surface area contributed by atoms with E-state index in [0.29, 0.717) is 39.9 Å². The number of carbonyl (C=O) groups excluding carboxylic acids is 1. The molecule has 0 bridgehead atoms. The Hall–Kier alpha value is -3.61. The third kappa shape index (κ3) is 4.77. The Balaban J connectivity index is 1.75. The van der Waals surface area contributed by atoms with Crippen LogP contribution in [0.4, 0.5) is 0 Å². The van der Waals surface area contributed by atoms with Crippen molar-refractivity contribution in [1.29, 1.82) is 0 Å². The highest BCUT2D eigenvalue weighted by atomic mass is 16.5. The normalized spacial score (nSPS) is 15.8. The van der Waals surface area contributed by atoms with E-state index in [9.17, 15) is 4.79 Å². The summed E-state index contributed by atoms with van der Waals surface area (Å²) in [5.74, 6) is 2.00. The van der Waals surface area contributed by atoms with Crippen LogP contribution in [0.5, 0.6) is 17.2 Å². The summed E-state index contributed by atoms with van der Waals surface area (Å²) in [7, 11) is 4.70. The minimum Gasteiger partial charge on any atom is -0.493 e. The van der Waals surface area contributed by atoms with Gasteiger partial charge in [0.15, 0.2) is 11.5 Å². The first kappa shape index (κ1) is 22.6. The lowest BCUT2D eigenvalue weighted by Crippen LogP contribution is -2.22. The number of amides is 1. The Bertz CT molecular complexity index is 1170. The van der Waals surface area contributed by atoms with Crippen LogP contribution in [-0.2, 0) is 0 Å². The summed E-state index contributed by atoms with van der Waals surface area (Å²) < 4.78 is 16.4. The maximum absolute atomic E-state index is 13.2. The van der Waals surface area contributed by atoms with E-state index in [1.807, 2.05) is 36.4 Å². The molecule has 2 aromatic carbocycles. The predicted octanol–water partition coefficient (Wildman–Crippen LogP) is 5.22. The van der Waals surface area contributed by atoms with Crippen molar-refractivity contribution in [3.8, 4) is 28.5 Å². The Morgan fingerprint density at radius 3 is 2.30 bits per heavy atom. The average molecular weight is 448 g/mol. The Morgan fingerprint density at radius 2 is 1.67 bits per heavy atom. The van der Waals surface area contributed by atoms with Gasteiger partial charge in [0, 0.05) is 16.7 Å². The van der Waals surface area contributed by atoms with Crippen molar-refractivity contribution >= 4 is 22.5 Å². The van der Waals surface area contributed by atoms with Crippen LogP contribution in [-0.4, -0.2) is 37.9 Å². The van der Waals surface area contributed by atoms with Crippen LogP contribution in [0.2, 0.25) is 0 Å². The molecule has 33 heavy (non-hydrogen) atoms. The lowest BCUT2D eigenvalue weighted by molar-refractivity contribution is 0.0956. The van der Waals surface area contributed by atoms with Crippen LogP contribution in [0.3, 0.4) is 0 Å². The number of fused-ring (bicyclic) bond motifs is 1. The largest absolute Gasteiger partial charge is 0.493 e. The highest BCUT2D eigenvalue weighted by molar-refractivity contribution is 6.07. The molecule has 1 fully saturated rings. The summed E-state index contributed by atoms with van der Waals surface area (Å²) in [5, 5.41) is 5.19. The van der Waals surface area contributed by atoms with Gasteiger partial charge in [-0.15, -0.1) is 0 Å². The van der Waals surface area contributed by atoms with Crippen molar-refractivity contribution in [1.82, 2.24) is 10.4 Å². The number of hydrazone groups is 1. The van der Waals surface area contributed by atoms with E-state index in [1.165, 1.54) is 0 Å². The van der Waals surface area contributed by atoms with Crippen LogP contribution in [0, 0.1) is 5.92 Å². The molecule has 0 unspecified atom stereocenters. The fourth-order valence-corrected chi connectivity index (χ4v) is 4.14. The van der Waals surface area contributed by atoms with E-state index in [0.717, 1.165) is 42.3 Å². The fourth-order valence-electron chi connectivity index (χ4n) is 4.14. The lowest BCUT2D eigenvalue weighted by atomic mass is 9.90. The first-order valence-corrected chi connectivity index (χ1v) is 11.1. The summed E-state index contributed by atoms with van der Waals surface area (Å²) in [6.07, 6.45) is 4.07. The molecular formula is C26H29N3O4. The smallest absolute Gasteiger partial charge is 0.272 e. The molecule has 0 aliphatic heterocycles. The number of aromatic nitrogens is 1. The van der Waals surface area contributed by atoms with Gasteiger partial charge in [0.05, 0.1) is 38.1 Å². The summed E-state index contributed by atoms with van der Waals surface area (Å²) in [6, 6.07) is 13.0. The van der Waals surface area contributed by atoms with Crippen molar-refractivity contribution in [2.45, 2.75) is 32.6 Å². The summed E-state index contributed by atoms with van der Waals surface area (Å²) in [4.78, 5) is 18.0. The highest BCUT2D eigenvalue weighted by Gasteiger charge is 2.19. The van der Waals surface area contributed by atoms with Gasteiger partial charge >= 0.3 is 0 Å². The van der Waals surface area contributed by atoms with E-state index in [4.69, 9.17) is 19.2 Å². The van der Waals surface area contributed by atoms with Gasteiger partial charge in [-0.25, -0.2) is 10.4 Å². The first-order chi connectivity index (χ1) is 16.0. The van der Waals surface area contributed by atoms with Crippen molar-refractivity contribution in [3.63, 3.8) is 0 Å². The minimum atomic E-state index is -0.256. The maximum Gasteiger partial charge on any atom is 0.272 e. The van der Waals surface area contributed by atoms with E-state index < -0.39 is 0 Å². The summed E-state index contributed by atoms with van der Waals surface area (Å²) >= 11 is 0. The molecule has 0 radical (unpaired) electrons. The standard InChI is InChI=1S/C26H29N3O4/c1-16-9-11-18(12-10-16)28-29-26(30)20-15-22(27-21-8-6-5-7-19(20)21)17-13-23(31-2)25(33-4)24(14-17)32-3/h5-8,13-16H,9-12H2,1-4H3,(H,29,30). The van der Waals surface area contributed by atoms with E-state index in [-0.39, 0.29) is 5.91 Å². The molecule has 1 aromatic heterocycles. The van der Waals surface area contributed by atoms with Crippen LogP contribution in [0.1, 0.15) is 43.0 Å². The highest BCUT2D eigenvalue weighted by Crippen LogP contribution is 2.41. The van der Waals surface area contributed by atoms with E-state index in [1.54, 1.807) is 27.4 Å². The molecule has 1 amide bonds. The van der Waals surface area contributed by atoms with Gasteiger partial charge in [-0.05, 0) is 55.9 Å². The second-order valence-corrected chi connectivity index (χ2v) is 8.29. The van der Waals surface area contributed by atoms with Crippen molar-refractivity contribution in [2.24, 2.45) is 11.0 Å². The van der Waals surface area contributed by atoms with Crippen LogP contribution >= 0.6 is 0 Å². The first-order valence-electron chi connectivity index (χ1n) is 11.1. The molecule has 1 aliphatic rings. The molecule has 7 nitrogen and oxygen atoms in total. The predicted molar refractivity (Wildman–Crippen MR) is 129 cm³/mol. The zero-order chi connectivity index (χ0) is 23.4. The molecule has 0 spiro atoms. The van der Waals surface area contributed by atoms with Gasteiger partial charge in [-0.3, -0.25) is 4.79 Å². The molecule has 1 aliphatic carbocycles. The number of methoxy groups -OCH3 is 3. The lowest BCUT2D eigenvalue weighted by Gasteiger charge is -2.18. The molecule has 3 aromatic rings. The molecule has 0 saturated heterocycles. The summed E-state index contributed by atoms with van der Waals surface area (Å²) in [6.45, 7) is 2.25. The number of carbonyl (C=O) groups is 1. The topological polar surface area (TPSA) is 82.0 Å². The second-order valence-electron chi connectivity index (χ2n) is 8.29. The quantitative estimate of drug-likeness (QED) is 0.524. The van der Waals surface area contributed by atoms with Crippen molar-refractivity contribution in [2.75, 3.05) is 21.3 Å². The van der Waals surface area contributed by atoms with Gasteiger partial charge in [0.2, 0.25) is 5.75 Å². The van der Waals surface area contributed by atoms with Gasteiger partial charge in [-0.2, -0.15) is 5.10 Å². The zero-order valence-electron chi connectivity index (χ0n) is 19.5. The Labute approximate surface area is 193 Å². The van der Waals surface area contributed by atoms with Crippen LogP contribution in [0.15, 0.2) is 47.6 Å². The number of hydrogen-bond acceptors (Lipinski definition) is 6. The fraction of sp³-hybridized carbons (Fsp3) is 0.346. The molecule has 0 atom stereocenters. The van der Waals surface area contributed by atoms with Crippen molar-refractivity contribution < 1.29 is 19.0 Å². The average Bonchev–Trinajstić information content (AvgIpc) is 2.86. The van der Waals surface area contributed by atoms with Gasteiger partial charge in [-0.1, -0.05) is 25.1 Å². The molecule has 7 heteroatoms. The number of benzene rings is 2. The minimum absolute atomic E-state index is 0.256. The SMILES string of the molecule is COc1cc(-c2cc(C(=O)NN=C3CCC(C)CC3)c3ccccc3n2)cc(OC)c1OC. The number of nitrogens with one attached hydrogen (secondary N) is 1. The molecule has 1 N–H and O–H groups in total. The number of para-hydroxylation sites is 1. The monoisotopic (exact) mass is 447 g/mol. The van der Waals surface area contributed by atoms with Gasteiger partial charge in [0.1, 0.15) is 0 Å². The summed E-state index contributed by atoms with van der Waals surface area (Å²) in [5.41, 5.74) is 6.41. The van der Waals surface area contributed by atoms with E-state index in [2.05, 4.69) is 17.5 Å². The molecule has 1 saturated carbocycles. The number of hydrogen-bond donors (Lipinski definition) is 1. The van der Waals surface area contributed by atoms with Gasteiger partial charge in [0.25, 0.3) is 5.91 Å². The number of nitrogens with zero attached hydrogens (tertiary/aromatic N) is 2. The molecule has 172 valence electrons. The Kier molecular flexibility index (Phi) is 6.77. The third-order valence-electron chi connectivity index (χ3n) is 6.09. The second kappa shape index (κ2) is 9.90. The maximum atomic E-state index is 13.2. The van der Waals surface area contributed by atoms with Crippen molar-refractivity contribution in [3.05, 3.63) is 48.0 Å². The zero-order valence-corrected chi connectivity index (χ0v) is 19.5. The van der Waals surface area contributed by atoms with E-state index >= 15 is 0 Å². The number of pyridine rings is 1. The Morgan fingerprint density at radius 1 is 1.00 bits per heavy atom. The number of rotatable bonds is 6. The molecule has 4 rings (SSSR count). The van der Waals surface area contributed by atoms with Crippen LogP contribution in [0.25, 0.3) is 22.2 Å². The van der Waals surface area contributed by atoms with Crippen LogP contribution < -0.4 is 19.6 Å². The molecule has 1 heterocycles. The third-order valence-corrected chi connectivity index (χ3v) is 6.09. The van der Waals surface area contributed by atoms with Gasteiger partial charge < -0.3 is 14.2 Å². The molecular weight excluding hydrogens is 418 g/mol.